The molecule has 0 rings (SSSR count). The Morgan fingerprint density at radius 1 is 0.367 bits per heavy atom. The smallest absolute Gasteiger partial charge is 0.126 e. The molecule has 0 aliphatic heterocycles. The van der Waals surface area contributed by atoms with E-state index in [0.717, 1.165) is 37.4 Å². The van der Waals surface area contributed by atoms with E-state index in [1.165, 1.54) is 44.6 Å². The van der Waals surface area contributed by atoms with E-state index in [0.29, 0.717) is 18.1 Å². The second-order valence-electron chi connectivity index (χ2n) is 8.42. The van der Waals surface area contributed by atoms with Crippen LogP contribution in [-0.4, -0.2) is 26.1 Å². The van der Waals surface area contributed by atoms with Crippen LogP contribution in [0.15, 0.2) is 0 Å². The van der Waals surface area contributed by atoms with Crippen LogP contribution in [0.5, 0.6) is 0 Å². The predicted octanol–water partition coefficient (Wildman–Crippen LogP) is 11.9. The molecule has 0 aromatic carbocycles. The molecule has 30 heavy (non-hydrogen) atoms. The van der Waals surface area contributed by atoms with Gasteiger partial charge in [0.1, 0.15) is 0 Å². The van der Waals surface area contributed by atoms with Gasteiger partial charge in [0.05, 0.1) is 8.07 Å². The lowest BCUT2D eigenvalue weighted by Gasteiger charge is -2.33. The number of hydrogen-bond donors (Lipinski definition) is 0. The fraction of sp³-hybridized carbons (Fsp3) is 1.00. The lowest BCUT2D eigenvalue weighted by molar-refractivity contribution is 0.620. The monoisotopic (exact) mass is 666 g/mol. The van der Waals surface area contributed by atoms with Gasteiger partial charge in [-0.2, -0.15) is 0 Å². The normalized spacial score (nSPS) is 13.8. The van der Waals surface area contributed by atoms with Crippen LogP contribution in [0.25, 0.3) is 0 Å². The fourth-order valence-electron chi connectivity index (χ4n) is 4.02. The predicted molar refractivity (Wildman–Crippen MR) is 157 cm³/mol. The second-order valence-corrected chi connectivity index (χ2v) is 41.3. The minimum atomic E-state index is -2.61. The average Bonchev–Trinajstić information content (AvgIpc) is 2.54. The molecule has 13 heteroatoms. The first kappa shape index (κ1) is 33.5. The van der Waals surface area contributed by atoms with E-state index in [-0.39, 0.29) is 0 Å². The van der Waals surface area contributed by atoms with Crippen molar-refractivity contribution in [1.82, 2.24) is 0 Å². The highest BCUT2D eigenvalue weighted by Gasteiger charge is 2.36. The van der Waals surface area contributed by atoms with Gasteiger partial charge < -0.3 is 0 Å². The Morgan fingerprint density at radius 2 is 0.667 bits per heavy atom. The third kappa shape index (κ3) is 22.0. The molecule has 0 unspecified atom stereocenters. The van der Waals surface area contributed by atoms with E-state index in [1.54, 1.807) is 0 Å². The third-order valence-electron chi connectivity index (χ3n) is 5.56. The first-order valence-electron chi connectivity index (χ1n) is 10.9. The first-order valence-corrected chi connectivity index (χ1v) is 29.4. The Bertz CT molecular complexity index is 386. The number of rotatable bonds is 19. The standard InChI is InChI=1S/C17H35Cl9Si4/c1-2-3-4-5-6-7-11-27(12-8-15-28(18,19)20,13-9-16-29(21,22)23)14-10-17-30(24,25)26/h2-17H2,1H3. The first-order chi connectivity index (χ1) is 13.7. The molecule has 0 radical (unpaired) electrons. The quantitative estimate of drug-likeness (QED) is 0.0729. The molecular weight excluding hydrogens is 636 g/mol. The Balaban J connectivity index is 5.08. The lowest BCUT2D eigenvalue weighted by atomic mass is 10.1. The fourth-order valence-corrected chi connectivity index (χ4v) is 15.7. The molecular formula is C17H35Cl9Si4. The zero-order valence-electron chi connectivity index (χ0n) is 17.7. The maximum absolute atomic E-state index is 6.16. The van der Waals surface area contributed by atoms with Crippen molar-refractivity contribution in [3.05, 3.63) is 0 Å². The van der Waals surface area contributed by atoms with Gasteiger partial charge in [0, 0.05) is 0 Å². The van der Waals surface area contributed by atoms with Gasteiger partial charge in [0.25, 0.3) is 0 Å². The summed E-state index contributed by atoms with van der Waals surface area (Å²) in [7, 11) is -1.62. The van der Waals surface area contributed by atoms with Crippen molar-refractivity contribution in [2.75, 3.05) is 0 Å². The van der Waals surface area contributed by atoms with E-state index < -0.39 is 26.1 Å². The van der Waals surface area contributed by atoms with Crippen LogP contribution in [0, 0.1) is 0 Å². The average molecular weight is 671 g/mol. The maximum Gasteiger partial charge on any atom is 0.341 e. The molecule has 0 spiro atoms. The molecule has 0 aromatic heterocycles. The SMILES string of the molecule is CCCCCCCC[Si](CCC[Si](Cl)(Cl)Cl)(CCC[Si](Cl)(Cl)Cl)CCC[Si](Cl)(Cl)Cl. The Kier molecular flexibility index (Phi) is 19.0. The van der Waals surface area contributed by atoms with E-state index in [4.69, 9.17) is 99.7 Å². The van der Waals surface area contributed by atoms with Gasteiger partial charge in [0.15, 0.2) is 0 Å². The van der Waals surface area contributed by atoms with E-state index >= 15 is 0 Å². The van der Waals surface area contributed by atoms with Crippen LogP contribution in [0.2, 0.25) is 42.3 Å². The highest BCUT2D eigenvalue weighted by molar-refractivity contribution is 7.65. The van der Waals surface area contributed by atoms with E-state index in [2.05, 4.69) is 6.92 Å². The molecule has 0 aliphatic rings. The summed E-state index contributed by atoms with van der Waals surface area (Å²) >= 11 is 55.4. The van der Waals surface area contributed by atoms with Crippen LogP contribution in [0.3, 0.4) is 0 Å². The number of unbranched alkanes of at least 4 members (excludes halogenated alkanes) is 5. The Morgan fingerprint density at radius 3 is 1.00 bits per heavy atom. The summed E-state index contributed by atoms with van der Waals surface area (Å²) in [6, 6.07) is -0.934. The molecule has 0 heterocycles. The third-order valence-corrected chi connectivity index (χ3v) is 19.1. The van der Waals surface area contributed by atoms with Gasteiger partial charge in [-0.15, -0.1) is 99.7 Å². The molecule has 0 bridgehead atoms. The zero-order valence-corrected chi connectivity index (χ0v) is 28.5. The van der Waals surface area contributed by atoms with Crippen molar-refractivity contribution in [1.29, 1.82) is 0 Å². The highest BCUT2D eigenvalue weighted by Crippen LogP contribution is 2.40. The van der Waals surface area contributed by atoms with E-state index in [1.807, 2.05) is 0 Å². The van der Waals surface area contributed by atoms with Crippen molar-refractivity contribution in [3.8, 4) is 0 Å². The molecule has 0 fully saturated rings. The molecule has 0 saturated carbocycles. The summed E-state index contributed by atoms with van der Waals surface area (Å²) in [5.41, 5.74) is 0. The topological polar surface area (TPSA) is 0 Å². The summed E-state index contributed by atoms with van der Waals surface area (Å²) in [5.74, 6) is 0. The molecule has 0 nitrogen and oxygen atoms in total. The molecule has 0 atom stereocenters. The minimum absolute atomic E-state index is 0.710. The summed E-state index contributed by atoms with van der Waals surface area (Å²) in [6.07, 6.45) is 10.7. The summed E-state index contributed by atoms with van der Waals surface area (Å²) in [4.78, 5) is 0. The van der Waals surface area contributed by atoms with Crippen molar-refractivity contribution in [3.63, 3.8) is 0 Å². The van der Waals surface area contributed by atoms with E-state index in [9.17, 15) is 0 Å². The molecule has 0 aliphatic carbocycles. The van der Waals surface area contributed by atoms with Crippen molar-refractivity contribution < 1.29 is 0 Å². The van der Waals surface area contributed by atoms with Crippen LogP contribution in [0.1, 0.15) is 64.7 Å². The number of hydrogen-bond acceptors (Lipinski definition) is 0. The van der Waals surface area contributed by atoms with Gasteiger partial charge in [-0.3, -0.25) is 0 Å². The van der Waals surface area contributed by atoms with Gasteiger partial charge in [-0.25, -0.2) is 0 Å². The van der Waals surface area contributed by atoms with Gasteiger partial charge in [0.2, 0.25) is 0 Å². The molecule has 182 valence electrons. The highest BCUT2D eigenvalue weighted by atomic mass is 35.9. The van der Waals surface area contributed by atoms with Gasteiger partial charge in [-0.1, -0.05) is 88.9 Å². The largest absolute Gasteiger partial charge is 0.341 e. The van der Waals surface area contributed by atoms with Gasteiger partial charge in [-0.05, 0) is 18.1 Å². The van der Waals surface area contributed by atoms with Crippen LogP contribution in [0.4, 0.5) is 0 Å². The maximum atomic E-state index is 6.16. The Hall–Kier alpha value is 3.48. The second kappa shape index (κ2) is 17.0. The number of halogens is 9. The molecule has 0 N–H and O–H groups in total. The molecule has 0 aromatic rings. The summed E-state index contributed by atoms with van der Waals surface area (Å²) in [5, 5.41) is 0. The van der Waals surface area contributed by atoms with Crippen molar-refractivity contribution in [2.24, 2.45) is 0 Å². The zero-order chi connectivity index (χ0) is 23.3. The van der Waals surface area contributed by atoms with Crippen molar-refractivity contribution in [2.45, 2.75) is 107 Å². The van der Waals surface area contributed by atoms with Crippen LogP contribution < -0.4 is 0 Å². The van der Waals surface area contributed by atoms with Crippen LogP contribution >= 0.6 is 99.7 Å². The lowest BCUT2D eigenvalue weighted by Crippen LogP contribution is -2.35. The molecule has 0 amide bonds. The summed E-state index contributed by atoms with van der Waals surface area (Å²) in [6.45, 7) is 2.24. The van der Waals surface area contributed by atoms with Crippen molar-refractivity contribution >= 4 is 126 Å². The van der Waals surface area contributed by atoms with Crippen LogP contribution in [-0.2, 0) is 0 Å². The Labute approximate surface area is 230 Å². The summed E-state index contributed by atoms with van der Waals surface area (Å²) < 4.78 is 0. The minimum Gasteiger partial charge on any atom is -0.126 e. The molecule has 0 saturated heterocycles. The van der Waals surface area contributed by atoms with Gasteiger partial charge >= 0.3 is 18.0 Å².